The van der Waals surface area contributed by atoms with E-state index in [9.17, 15) is 4.79 Å². The van der Waals surface area contributed by atoms with Crippen LogP contribution < -0.4 is 5.56 Å². The molecule has 1 atom stereocenters. The van der Waals surface area contributed by atoms with Gasteiger partial charge in [0.25, 0.3) is 5.56 Å². The van der Waals surface area contributed by atoms with Crippen molar-refractivity contribution >= 4 is 56.7 Å². The Morgan fingerprint density at radius 1 is 1.10 bits per heavy atom. The van der Waals surface area contributed by atoms with Gasteiger partial charge in [0, 0.05) is 26.3 Å². The van der Waals surface area contributed by atoms with Gasteiger partial charge in [0.1, 0.15) is 16.2 Å². The van der Waals surface area contributed by atoms with E-state index in [2.05, 4.69) is 10.1 Å². The molecule has 0 bridgehead atoms. The van der Waals surface area contributed by atoms with Crippen molar-refractivity contribution in [2.45, 2.75) is 25.5 Å². The van der Waals surface area contributed by atoms with Gasteiger partial charge in [0.05, 0.1) is 15.9 Å². The van der Waals surface area contributed by atoms with E-state index in [0.717, 1.165) is 19.3 Å². The van der Waals surface area contributed by atoms with E-state index in [1.165, 1.54) is 4.57 Å². The Morgan fingerprint density at radius 3 is 2.63 bits per heavy atom. The first-order chi connectivity index (χ1) is 14.4. The van der Waals surface area contributed by atoms with Gasteiger partial charge in [-0.25, -0.2) is 4.68 Å². The molecule has 0 radical (unpaired) electrons. The maximum atomic E-state index is 13.1. The summed E-state index contributed by atoms with van der Waals surface area (Å²) in [4.78, 5) is 17.6. The molecule has 0 N–H and O–H groups in total. The number of hydrogen-bond acceptors (Lipinski definition) is 5. The Morgan fingerprint density at radius 2 is 1.90 bits per heavy atom. The van der Waals surface area contributed by atoms with E-state index in [-0.39, 0.29) is 17.1 Å². The molecular weight excluding hydrogens is 451 g/mol. The lowest BCUT2D eigenvalue weighted by Crippen LogP contribution is -2.22. The average molecular weight is 468 g/mol. The van der Waals surface area contributed by atoms with Crippen molar-refractivity contribution in [2.75, 3.05) is 6.61 Å². The van der Waals surface area contributed by atoms with Crippen molar-refractivity contribution in [3.63, 3.8) is 0 Å². The molecule has 0 aliphatic carbocycles. The number of aryl methyl sites for hydroxylation is 1. The van der Waals surface area contributed by atoms with E-state index in [1.54, 1.807) is 35.6 Å². The molecule has 4 aromatic rings. The Kier molecular flexibility index (Phi) is 4.77. The van der Waals surface area contributed by atoms with Crippen molar-refractivity contribution < 1.29 is 4.74 Å². The highest BCUT2D eigenvalue weighted by Gasteiger charge is 2.27. The minimum absolute atomic E-state index is 0.0767. The summed E-state index contributed by atoms with van der Waals surface area (Å²) in [6.45, 7) is 0.623. The van der Waals surface area contributed by atoms with E-state index in [4.69, 9.17) is 44.6 Å². The molecule has 0 saturated carbocycles. The zero-order valence-electron chi connectivity index (χ0n) is 16.2. The van der Waals surface area contributed by atoms with Gasteiger partial charge in [0.15, 0.2) is 11.9 Å². The average Bonchev–Trinajstić information content (AvgIpc) is 3.25. The predicted octanol–water partition coefficient (Wildman–Crippen LogP) is 4.34. The quantitative estimate of drug-likeness (QED) is 0.410. The Balaban J connectivity index is 1.84. The molecule has 0 spiro atoms. The molecule has 0 amide bonds. The highest BCUT2D eigenvalue weighted by molar-refractivity contribution is 6.43. The van der Waals surface area contributed by atoms with Crippen LogP contribution in [0.5, 0.6) is 0 Å². The molecule has 11 heteroatoms. The number of halogens is 3. The molecule has 8 nitrogen and oxygen atoms in total. The lowest BCUT2D eigenvalue weighted by Gasteiger charge is -2.23. The van der Waals surface area contributed by atoms with E-state index in [0.29, 0.717) is 50.0 Å². The van der Waals surface area contributed by atoms with Crippen LogP contribution in [-0.2, 0) is 18.8 Å². The third kappa shape index (κ3) is 2.85. The summed E-state index contributed by atoms with van der Waals surface area (Å²) in [6.07, 6.45) is 2.43. The monoisotopic (exact) mass is 466 g/mol. The molecule has 4 heterocycles. The van der Waals surface area contributed by atoms with Crippen LogP contribution in [-0.4, -0.2) is 35.7 Å². The second-order valence-corrected chi connectivity index (χ2v) is 8.37. The molecule has 1 unspecified atom stereocenters. The number of aromatic nitrogens is 6. The Labute approximate surface area is 185 Å². The fraction of sp³-hybridized carbons (Fsp3) is 0.368. The molecule has 1 aliphatic rings. The molecule has 1 saturated heterocycles. The fourth-order valence-electron chi connectivity index (χ4n) is 3.85. The third-order valence-corrected chi connectivity index (χ3v) is 6.59. The van der Waals surface area contributed by atoms with E-state index >= 15 is 0 Å². The first kappa shape index (κ1) is 19.8. The highest BCUT2D eigenvalue weighted by atomic mass is 35.5. The number of ether oxygens (including phenoxy) is 1. The minimum atomic E-state index is -0.324. The molecule has 30 heavy (non-hydrogen) atoms. The summed E-state index contributed by atoms with van der Waals surface area (Å²) >= 11 is 19.4. The van der Waals surface area contributed by atoms with Gasteiger partial charge in [-0.15, -0.1) is 0 Å². The summed E-state index contributed by atoms with van der Waals surface area (Å²) in [7, 11) is 3.31. The van der Waals surface area contributed by atoms with Crippen LogP contribution in [0.2, 0.25) is 15.5 Å². The van der Waals surface area contributed by atoms with Crippen molar-refractivity contribution in [2.24, 2.45) is 14.1 Å². The van der Waals surface area contributed by atoms with Crippen LogP contribution in [0, 0.1) is 0 Å². The number of fused-ring (bicyclic) bond motifs is 2. The molecule has 1 fully saturated rings. The standard InChI is InChI=1S/C19H17Cl3N6O2/c1-26-18(29)13-15(9-6-7-10-12(14(9)20)16(21)27(2)24-10)25-28(17(13)23-19(26)22)11-5-3-4-8-30-11/h6-7,11H,3-5,8H2,1-2H3. The van der Waals surface area contributed by atoms with Crippen molar-refractivity contribution in [1.29, 1.82) is 0 Å². The normalized spacial score (nSPS) is 17.3. The largest absolute Gasteiger partial charge is 0.356 e. The summed E-state index contributed by atoms with van der Waals surface area (Å²) < 4.78 is 10.4. The maximum Gasteiger partial charge on any atom is 0.265 e. The summed E-state index contributed by atoms with van der Waals surface area (Å²) in [5.41, 5.74) is 1.70. The lowest BCUT2D eigenvalue weighted by atomic mass is 10.1. The Hall–Kier alpha value is -2.13. The number of hydrogen-bond donors (Lipinski definition) is 0. The molecule has 1 aromatic carbocycles. The first-order valence-corrected chi connectivity index (χ1v) is 10.6. The molecule has 5 rings (SSSR count). The van der Waals surface area contributed by atoms with E-state index < -0.39 is 0 Å². The number of benzene rings is 1. The van der Waals surface area contributed by atoms with Gasteiger partial charge in [0.2, 0.25) is 5.28 Å². The lowest BCUT2D eigenvalue weighted by molar-refractivity contribution is -0.0368. The number of nitrogens with zero attached hydrogens (tertiary/aromatic N) is 6. The van der Waals surface area contributed by atoms with Crippen LogP contribution in [0.3, 0.4) is 0 Å². The van der Waals surface area contributed by atoms with Crippen LogP contribution >= 0.6 is 34.8 Å². The molecule has 1 aliphatic heterocycles. The summed E-state index contributed by atoms with van der Waals surface area (Å²) in [6, 6.07) is 3.59. The third-order valence-electron chi connectivity index (χ3n) is 5.43. The van der Waals surface area contributed by atoms with E-state index in [1.807, 2.05) is 0 Å². The summed E-state index contributed by atoms with van der Waals surface area (Å²) in [5, 5.41) is 10.9. The molecular formula is C19H17Cl3N6O2. The van der Waals surface area contributed by atoms with Crippen LogP contribution in [0.1, 0.15) is 25.5 Å². The fourth-order valence-corrected chi connectivity index (χ4v) is 4.62. The second-order valence-electron chi connectivity index (χ2n) is 7.29. The SMILES string of the molecule is Cn1nc2ccc(-c3nn(C4CCCCO4)c4nc(Cl)n(C)c(=O)c34)c(Cl)c2c1Cl. The van der Waals surface area contributed by atoms with Crippen LogP contribution in [0.15, 0.2) is 16.9 Å². The summed E-state index contributed by atoms with van der Waals surface area (Å²) in [5.74, 6) is 0. The van der Waals surface area contributed by atoms with Crippen LogP contribution in [0.4, 0.5) is 0 Å². The van der Waals surface area contributed by atoms with Crippen LogP contribution in [0.25, 0.3) is 33.2 Å². The zero-order chi connectivity index (χ0) is 21.2. The van der Waals surface area contributed by atoms with Crippen molar-refractivity contribution in [3.8, 4) is 11.3 Å². The highest BCUT2D eigenvalue weighted by Crippen LogP contribution is 2.39. The topological polar surface area (TPSA) is 79.8 Å². The smallest absolute Gasteiger partial charge is 0.265 e. The predicted molar refractivity (Wildman–Crippen MR) is 116 cm³/mol. The van der Waals surface area contributed by atoms with Gasteiger partial charge in [-0.05, 0) is 43.0 Å². The van der Waals surface area contributed by atoms with Gasteiger partial charge < -0.3 is 4.74 Å². The maximum absolute atomic E-state index is 13.1. The zero-order valence-corrected chi connectivity index (χ0v) is 18.5. The second kappa shape index (κ2) is 7.23. The van der Waals surface area contributed by atoms with Crippen molar-refractivity contribution in [1.82, 2.24) is 29.1 Å². The van der Waals surface area contributed by atoms with Gasteiger partial charge in [-0.3, -0.25) is 14.0 Å². The van der Waals surface area contributed by atoms with Crippen molar-refractivity contribution in [3.05, 3.63) is 37.9 Å². The minimum Gasteiger partial charge on any atom is -0.356 e. The first-order valence-electron chi connectivity index (χ1n) is 9.46. The van der Waals surface area contributed by atoms with Gasteiger partial charge >= 0.3 is 0 Å². The van der Waals surface area contributed by atoms with Gasteiger partial charge in [-0.1, -0.05) is 23.2 Å². The molecule has 3 aromatic heterocycles. The van der Waals surface area contributed by atoms with Gasteiger partial charge in [-0.2, -0.15) is 15.2 Å². The number of rotatable bonds is 2. The molecule has 156 valence electrons. The Bertz CT molecular complexity index is 1370.